The molecular formula is C21H19F3N4O3. The van der Waals surface area contributed by atoms with Gasteiger partial charge in [-0.2, -0.15) is 13.2 Å². The molecule has 1 aromatic carbocycles. The Morgan fingerprint density at radius 2 is 2.00 bits per heavy atom. The molecule has 10 heteroatoms. The molecule has 1 saturated carbocycles. The minimum atomic E-state index is -4.56. The number of fused-ring (bicyclic) bond motifs is 1. The van der Waals surface area contributed by atoms with Gasteiger partial charge >= 0.3 is 11.9 Å². The molecule has 2 heterocycles. The van der Waals surface area contributed by atoms with E-state index in [2.05, 4.69) is 15.3 Å². The minimum absolute atomic E-state index is 0.0320. The molecule has 1 fully saturated rings. The van der Waals surface area contributed by atoms with E-state index in [-0.39, 0.29) is 28.2 Å². The first-order valence-electron chi connectivity index (χ1n) is 9.85. The number of alkyl halides is 3. The Hall–Kier alpha value is -3.43. The quantitative estimate of drug-likeness (QED) is 0.643. The van der Waals surface area contributed by atoms with E-state index in [1.807, 2.05) is 6.92 Å². The van der Waals surface area contributed by atoms with Gasteiger partial charge < -0.3 is 5.32 Å². The lowest BCUT2D eigenvalue weighted by Gasteiger charge is -2.14. The van der Waals surface area contributed by atoms with E-state index >= 15 is 0 Å². The van der Waals surface area contributed by atoms with E-state index in [1.165, 1.54) is 22.8 Å². The van der Waals surface area contributed by atoms with Gasteiger partial charge in [-0.25, -0.2) is 9.78 Å². The smallest absolute Gasteiger partial charge is 0.322 e. The largest absolute Gasteiger partial charge is 0.416 e. The molecule has 0 unspecified atom stereocenters. The van der Waals surface area contributed by atoms with Crippen molar-refractivity contribution in [2.24, 2.45) is 0 Å². The van der Waals surface area contributed by atoms with Crippen molar-refractivity contribution in [2.75, 3.05) is 5.32 Å². The van der Waals surface area contributed by atoms with Crippen LogP contribution in [0.2, 0.25) is 0 Å². The number of pyridine rings is 1. The van der Waals surface area contributed by atoms with Gasteiger partial charge in [0.1, 0.15) is 0 Å². The Morgan fingerprint density at radius 1 is 1.26 bits per heavy atom. The SMILES string of the molecule is CCCn1c(=O)[nH]c(=O)c2c(C(=O)Nc3cccc(C(F)(F)F)c3)cc(C3CC3)nc21. The van der Waals surface area contributed by atoms with Crippen molar-refractivity contribution < 1.29 is 18.0 Å². The van der Waals surface area contributed by atoms with Crippen LogP contribution in [0.3, 0.4) is 0 Å². The van der Waals surface area contributed by atoms with E-state index in [0.717, 1.165) is 25.0 Å². The topological polar surface area (TPSA) is 96.9 Å². The first kappa shape index (κ1) is 20.8. The Kier molecular flexibility index (Phi) is 5.16. The predicted octanol–water partition coefficient (Wildman–Crippen LogP) is 3.64. The molecule has 0 aliphatic heterocycles. The summed E-state index contributed by atoms with van der Waals surface area (Å²) >= 11 is 0. The fraction of sp³-hybridized carbons (Fsp3) is 0.333. The number of hydrogen-bond donors (Lipinski definition) is 2. The van der Waals surface area contributed by atoms with E-state index in [0.29, 0.717) is 18.7 Å². The highest BCUT2D eigenvalue weighted by Gasteiger charge is 2.31. The predicted molar refractivity (Wildman–Crippen MR) is 108 cm³/mol. The van der Waals surface area contributed by atoms with Crippen LogP contribution in [0.1, 0.15) is 53.7 Å². The molecule has 4 rings (SSSR count). The standard InChI is InChI=1S/C21H19F3N4O3/c1-2-8-28-17-16(19(30)27-20(28)31)14(10-15(26-17)11-6-7-11)18(29)25-13-5-3-4-12(9-13)21(22,23)24/h3-5,9-11H,2,6-8H2,1H3,(H,25,29)(H,27,30,31). The second-order valence-corrected chi connectivity index (χ2v) is 7.51. The van der Waals surface area contributed by atoms with Crippen LogP contribution in [0.15, 0.2) is 39.9 Å². The number of amides is 1. The number of halogens is 3. The van der Waals surface area contributed by atoms with Crippen LogP contribution in [-0.2, 0) is 12.7 Å². The van der Waals surface area contributed by atoms with E-state index in [9.17, 15) is 27.6 Å². The molecule has 1 aliphatic carbocycles. The lowest BCUT2D eigenvalue weighted by atomic mass is 10.1. The molecule has 0 saturated heterocycles. The molecule has 0 radical (unpaired) electrons. The van der Waals surface area contributed by atoms with Crippen molar-refractivity contribution in [3.63, 3.8) is 0 Å². The van der Waals surface area contributed by atoms with Gasteiger partial charge in [0.25, 0.3) is 11.5 Å². The van der Waals surface area contributed by atoms with Gasteiger partial charge in [0.15, 0.2) is 5.65 Å². The van der Waals surface area contributed by atoms with Gasteiger partial charge in [0.05, 0.1) is 16.5 Å². The highest BCUT2D eigenvalue weighted by molar-refractivity contribution is 6.11. The number of aromatic nitrogens is 3. The molecule has 162 valence electrons. The number of carbonyl (C=O) groups is 1. The molecule has 1 amide bonds. The van der Waals surface area contributed by atoms with Crippen molar-refractivity contribution >= 4 is 22.6 Å². The van der Waals surface area contributed by atoms with E-state index in [1.54, 1.807) is 0 Å². The molecular weight excluding hydrogens is 413 g/mol. The lowest BCUT2D eigenvalue weighted by Crippen LogP contribution is -2.32. The molecule has 2 aromatic heterocycles. The summed E-state index contributed by atoms with van der Waals surface area (Å²) in [6.07, 6.45) is -2.22. The normalized spacial score (nSPS) is 14.1. The number of nitrogens with one attached hydrogen (secondary N) is 2. The molecule has 2 N–H and O–H groups in total. The summed E-state index contributed by atoms with van der Waals surface area (Å²) in [6.45, 7) is 2.15. The van der Waals surface area contributed by atoms with Gasteiger partial charge in [-0.15, -0.1) is 0 Å². The number of nitrogens with zero attached hydrogens (tertiary/aromatic N) is 2. The summed E-state index contributed by atoms with van der Waals surface area (Å²) in [5, 5.41) is 2.37. The van der Waals surface area contributed by atoms with Gasteiger partial charge in [-0.05, 0) is 43.5 Å². The van der Waals surface area contributed by atoms with Crippen LogP contribution in [0.4, 0.5) is 18.9 Å². The summed E-state index contributed by atoms with van der Waals surface area (Å²) in [5.74, 6) is -0.630. The number of aromatic amines is 1. The molecule has 0 bridgehead atoms. The Labute approximate surface area is 173 Å². The third-order valence-corrected chi connectivity index (χ3v) is 5.10. The zero-order valence-electron chi connectivity index (χ0n) is 16.5. The number of hydrogen-bond acceptors (Lipinski definition) is 4. The van der Waals surface area contributed by atoms with Crippen molar-refractivity contribution in [3.8, 4) is 0 Å². The summed E-state index contributed by atoms with van der Waals surface area (Å²) in [4.78, 5) is 44.6. The number of H-pyrrole nitrogens is 1. The minimum Gasteiger partial charge on any atom is -0.322 e. The van der Waals surface area contributed by atoms with Gasteiger partial charge in [-0.1, -0.05) is 13.0 Å². The first-order valence-corrected chi connectivity index (χ1v) is 9.85. The molecule has 1 aliphatic rings. The van der Waals surface area contributed by atoms with Crippen LogP contribution in [0.5, 0.6) is 0 Å². The third-order valence-electron chi connectivity index (χ3n) is 5.10. The molecule has 3 aromatic rings. The fourth-order valence-corrected chi connectivity index (χ4v) is 3.46. The van der Waals surface area contributed by atoms with Gasteiger partial charge in [0, 0.05) is 23.8 Å². The average Bonchev–Trinajstić information content (AvgIpc) is 3.55. The number of anilines is 1. The van der Waals surface area contributed by atoms with Crippen LogP contribution >= 0.6 is 0 Å². The molecule has 0 spiro atoms. The van der Waals surface area contributed by atoms with Gasteiger partial charge in [-0.3, -0.25) is 19.1 Å². The first-order chi connectivity index (χ1) is 14.7. The van der Waals surface area contributed by atoms with Crippen molar-refractivity contribution in [3.05, 3.63) is 68.0 Å². The van der Waals surface area contributed by atoms with Crippen LogP contribution < -0.4 is 16.6 Å². The number of carbonyl (C=O) groups excluding carboxylic acids is 1. The Morgan fingerprint density at radius 3 is 2.65 bits per heavy atom. The van der Waals surface area contributed by atoms with Gasteiger partial charge in [0.2, 0.25) is 0 Å². The summed E-state index contributed by atoms with van der Waals surface area (Å²) in [6, 6.07) is 5.72. The average molecular weight is 432 g/mol. The van der Waals surface area contributed by atoms with Crippen molar-refractivity contribution in [2.45, 2.75) is 44.8 Å². The number of rotatable bonds is 5. The van der Waals surface area contributed by atoms with Crippen molar-refractivity contribution in [1.82, 2.24) is 14.5 Å². The van der Waals surface area contributed by atoms with Crippen molar-refractivity contribution in [1.29, 1.82) is 0 Å². The molecule has 7 nitrogen and oxygen atoms in total. The maximum atomic E-state index is 13.0. The zero-order chi connectivity index (χ0) is 22.3. The monoisotopic (exact) mass is 432 g/mol. The zero-order valence-corrected chi connectivity index (χ0v) is 16.5. The number of aryl methyl sites for hydroxylation is 1. The Balaban J connectivity index is 1.85. The maximum absolute atomic E-state index is 13.0. The molecule has 31 heavy (non-hydrogen) atoms. The number of benzene rings is 1. The summed E-state index contributed by atoms with van der Waals surface area (Å²) in [7, 11) is 0. The maximum Gasteiger partial charge on any atom is 0.416 e. The summed E-state index contributed by atoms with van der Waals surface area (Å²) < 4.78 is 40.3. The summed E-state index contributed by atoms with van der Waals surface area (Å²) in [5.41, 5.74) is -1.70. The van der Waals surface area contributed by atoms with E-state index in [4.69, 9.17) is 0 Å². The second kappa shape index (κ2) is 7.68. The van der Waals surface area contributed by atoms with Crippen LogP contribution in [-0.4, -0.2) is 20.4 Å². The third kappa shape index (κ3) is 4.10. The highest BCUT2D eigenvalue weighted by atomic mass is 19.4. The molecule has 0 atom stereocenters. The highest BCUT2D eigenvalue weighted by Crippen LogP contribution is 2.40. The Bertz CT molecular complexity index is 1290. The van der Waals surface area contributed by atoms with Crippen LogP contribution in [0, 0.1) is 0 Å². The lowest BCUT2D eigenvalue weighted by molar-refractivity contribution is -0.137. The fourth-order valence-electron chi connectivity index (χ4n) is 3.46. The van der Waals surface area contributed by atoms with Crippen LogP contribution in [0.25, 0.3) is 11.0 Å². The van der Waals surface area contributed by atoms with E-state index < -0.39 is 28.9 Å². The second-order valence-electron chi connectivity index (χ2n) is 7.51.